The summed E-state index contributed by atoms with van der Waals surface area (Å²) in [6.45, 7) is 2.95. The number of aromatic nitrogens is 4. The minimum atomic E-state index is -4.21. The number of amides is 1. The van der Waals surface area contributed by atoms with Gasteiger partial charge in [-0.05, 0) is 32.1 Å². The van der Waals surface area contributed by atoms with Crippen LogP contribution in [0.1, 0.15) is 96.8 Å². The molecule has 12 heteroatoms. The summed E-state index contributed by atoms with van der Waals surface area (Å²) in [5.74, 6) is 0.237. The van der Waals surface area contributed by atoms with Gasteiger partial charge in [-0.25, -0.2) is 19.7 Å². The van der Waals surface area contributed by atoms with Crippen molar-refractivity contribution in [3.8, 4) is 0 Å². The van der Waals surface area contributed by atoms with E-state index in [1.165, 1.54) is 76.9 Å². The lowest BCUT2D eigenvalue weighted by molar-refractivity contribution is 0.149. The molecule has 11 nitrogen and oxygen atoms in total. The predicted octanol–water partition coefficient (Wildman–Crippen LogP) is 6.56. The normalized spacial score (nSPS) is 12.0. The van der Waals surface area contributed by atoms with Crippen LogP contribution in [0.5, 0.6) is 0 Å². The Balaban J connectivity index is 1.51. The summed E-state index contributed by atoms with van der Waals surface area (Å²) in [5.41, 5.74) is 0.857. The van der Waals surface area contributed by atoms with Gasteiger partial charge in [0.05, 0.1) is 19.5 Å². The van der Waals surface area contributed by atoms with Crippen LogP contribution in [0.25, 0.3) is 11.2 Å². The molecule has 0 saturated heterocycles. The number of carbonyl (C=O) groups is 1. The van der Waals surface area contributed by atoms with Crippen molar-refractivity contribution in [3.63, 3.8) is 0 Å². The van der Waals surface area contributed by atoms with E-state index >= 15 is 0 Å². The fourth-order valence-electron chi connectivity index (χ4n) is 4.13. The van der Waals surface area contributed by atoms with Crippen LogP contribution in [0.3, 0.4) is 0 Å². The van der Waals surface area contributed by atoms with E-state index in [9.17, 15) is 9.36 Å². The van der Waals surface area contributed by atoms with Crippen molar-refractivity contribution < 1.29 is 28.6 Å². The average molecular weight is 568 g/mol. The average Bonchev–Trinajstić information content (AvgIpc) is 3.32. The number of allylic oxidation sites excluding steroid dienone is 2. The van der Waals surface area contributed by atoms with E-state index in [0.29, 0.717) is 17.8 Å². The van der Waals surface area contributed by atoms with Gasteiger partial charge < -0.3 is 23.8 Å². The summed E-state index contributed by atoms with van der Waals surface area (Å²) in [4.78, 5) is 42.4. The maximum absolute atomic E-state index is 12.2. The molecule has 0 unspecified atom stereocenters. The molecule has 220 valence electrons. The van der Waals surface area contributed by atoms with Crippen molar-refractivity contribution in [2.45, 2.75) is 103 Å². The van der Waals surface area contributed by atoms with Crippen LogP contribution in [0.2, 0.25) is 0 Å². The second kappa shape index (κ2) is 19.7. The van der Waals surface area contributed by atoms with Gasteiger partial charge in [0.2, 0.25) is 0 Å². The van der Waals surface area contributed by atoms with E-state index in [4.69, 9.17) is 19.3 Å². The highest BCUT2D eigenvalue weighted by atomic mass is 31.2. The molecule has 2 aromatic heterocycles. The zero-order valence-corrected chi connectivity index (χ0v) is 24.2. The zero-order valence-electron chi connectivity index (χ0n) is 23.3. The Hall–Kier alpha value is -2.33. The van der Waals surface area contributed by atoms with E-state index in [0.717, 1.165) is 25.7 Å². The van der Waals surface area contributed by atoms with Crippen molar-refractivity contribution in [2.24, 2.45) is 0 Å². The second-order valence-electron chi connectivity index (χ2n) is 9.73. The van der Waals surface area contributed by atoms with Crippen molar-refractivity contribution >= 4 is 30.7 Å². The monoisotopic (exact) mass is 567 g/mol. The topological polar surface area (TPSA) is 149 Å². The van der Waals surface area contributed by atoms with E-state index in [-0.39, 0.29) is 19.0 Å². The van der Waals surface area contributed by atoms with E-state index in [2.05, 4.69) is 39.3 Å². The minimum absolute atomic E-state index is 0.0712. The lowest BCUT2D eigenvalue weighted by Crippen LogP contribution is -2.16. The molecule has 3 N–H and O–H groups in total. The van der Waals surface area contributed by atoms with Gasteiger partial charge in [-0.15, -0.1) is 0 Å². The van der Waals surface area contributed by atoms with E-state index in [1.807, 2.05) is 0 Å². The highest BCUT2D eigenvalue weighted by molar-refractivity contribution is 7.51. The number of anilines is 1. The number of carbonyl (C=O) groups excluding carboxylic acids is 1. The van der Waals surface area contributed by atoms with Gasteiger partial charge in [-0.2, -0.15) is 0 Å². The molecule has 0 bridgehead atoms. The van der Waals surface area contributed by atoms with Gasteiger partial charge in [-0.3, -0.25) is 9.88 Å². The fraction of sp³-hybridized carbons (Fsp3) is 0.704. The number of nitrogens with one attached hydrogen (secondary N) is 1. The third-order valence-electron chi connectivity index (χ3n) is 6.25. The smallest absolute Gasteiger partial charge is 0.412 e. The lowest BCUT2D eigenvalue weighted by Gasteiger charge is -2.08. The van der Waals surface area contributed by atoms with Crippen molar-refractivity contribution in [1.82, 2.24) is 19.5 Å². The number of unbranched alkanes of at least 4 members (excludes halogenated alkanes) is 12. The van der Waals surface area contributed by atoms with Gasteiger partial charge in [0.1, 0.15) is 12.7 Å². The van der Waals surface area contributed by atoms with Gasteiger partial charge in [0.15, 0.2) is 17.0 Å². The number of hydrogen-bond donors (Lipinski definition) is 3. The molecule has 0 aliphatic rings. The van der Waals surface area contributed by atoms with Crippen LogP contribution >= 0.6 is 7.60 Å². The summed E-state index contributed by atoms with van der Waals surface area (Å²) in [6.07, 6.45) is 23.3. The highest BCUT2D eigenvalue weighted by Gasteiger charge is 2.15. The number of rotatable bonds is 22. The quantitative estimate of drug-likeness (QED) is 0.0816. The van der Waals surface area contributed by atoms with Crippen LogP contribution in [-0.4, -0.2) is 55.0 Å². The first kappa shape index (κ1) is 32.9. The van der Waals surface area contributed by atoms with Crippen molar-refractivity contribution in [2.75, 3.05) is 24.9 Å². The number of nitrogens with zero attached hydrogens (tertiary/aromatic N) is 4. The molecule has 0 aliphatic heterocycles. The van der Waals surface area contributed by atoms with Gasteiger partial charge >= 0.3 is 13.7 Å². The highest BCUT2D eigenvalue weighted by Crippen LogP contribution is 2.33. The van der Waals surface area contributed by atoms with Gasteiger partial charge in [0, 0.05) is 6.54 Å². The first-order valence-corrected chi connectivity index (χ1v) is 16.1. The molecule has 0 saturated carbocycles. The fourth-order valence-corrected chi connectivity index (χ4v) is 4.50. The Labute approximate surface area is 232 Å². The SMILES string of the molecule is CCCCCCCC/C=C\CCCCCCCCOC(=O)Nc1ncnc2c1ncn2CCOCP(=O)(O)O. The minimum Gasteiger partial charge on any atom is -0.449 e. The molecule has 0 radical (unpaired) electrons. The van der Waals surface area contributed by atoms with Crippen LogP contribution < -0.4 is 5.32 Å². The molecule has 0 aromatic carbocycles. The third-order valence-corrected chi connectivity index (χ3v) is 6.77. The third kappa shape index (κ3) is 15.1. The standard InChI is InChI=1S/C27H46N5O6P/c1-2-3-4-5-6-7-8-9-10-11-12-13-14-15-16-17-19-38-27(33)31-25-24-26(29-21-28-25)32(22-30-24)18-20-37-23-39(34,35)36/h9-10,21-22H,2-8,11-20,23H2,1H3,(H2,34,35,36)(H,28,29,31,33)/b10-9-. The van der Waals surface area contributed by atoms with E-state index in [1.54, 1.807) is 4.57 Å². The number of hydrogen-bond acceptors (Lipinski definition) is 7. The summed E-state index contributed by atoms with van der Waals surface area (Å²) < 4.78 is 22.8. The lowest BCUT2D eigenvalue weighted by atomic mass is 10.1. The van der Waals surface area contributed by atoms with Gasteiger partial charge in [0.25, 0.3) is 0 Å². The zero-order chi connectivity index (χ0) is 28.2. The molecule has 0 aliphatic carbocycles. The summed E-state index contributed by atoms with van der Waals surface area (Å²) in [5, 5.41) is 2.61. The largest absolute Gasteiger partial charge is 0.449 e. The molecule has 39 heavy (non-hydrogen) atoms. The molecular weight excluding hydrogens is 521 g/mol. The Morgan fingerprint density at radius 3 is 2.23 bits per heavy atom. The summed E-state index contributed by atoms with van der Waals surface area (Å²) in [6, 6.07) is 0. The Kier molecular flexibility index (Phi) is 16.6. The number of ether oxygens (including phenoxy) is 2. The summed E-state index contributed by atoms with van der Waals surface area (Å²) in [7, 11) is -4.21. The van der Waals surface area contributed by atoms with Crippen LogP contribution in [-0.2, 0) is 20.6 Å². The summed E-state index contributed by atoms with van der Waals surface area (Å²) >= 11 is 0. The van der Waals surface area contributed by atoms with Crippen molar-refractivity contribution in [1.29, 1.82) is 0 Å². The first-order chi connectivity index (χ1) is 18.9. The molecular formula is C27H46N5O6P. The molecule has 2 aromatic rings. The van der Waals surface area contributed by atoms with Crippen molar-refractivity contribution in [3.05, 3.63) is 24.8 Å². The maximum Gasteiger partial charge on any atom is 0.412 e. The molecule has 2 rings (SSSR count). The van der Waals surface area contributed by atoms with Crippen LogP contribution in [0.4, 0.5) is 10.6 Å². The Morgan fingerprint density at radius 1 is 0.923 bits per heavy atom. The van der Waals surface area contributed by atoms with E-state index < -0.39 is 20.0 Å². The predicted molar refractivity (Wildman–Crippen MR) is 153 cm³/mol. The number of fused-ring (bicyclic) bond motifs is 1. The Bertz CT molecular complexity index is 1030. The Morgan fingerprint density at radius 2 is 1.56 bits per heavy atom. The first-order valence-electron chi connectivity index (χ1n) is 14.3. The maximum atomic E-state index is 12.2. The molecule has 0 fully saturated rings. The number of imidazole rings is 1. The molecule has 0 atom stereocenters. The van der Waals surface area contributed by atoms with Crippen LogP contribution in [0, 0.1) is 0 Å². The molecule has 0 spiro atoms. The molecule has 1 amide bonds. The van der Waals surface area contributed by atoms with Gasteiger partial charge in [-0.1, -0.05) is 76.9 Å². The van der Waals surface area contributed by atoms with Crippen LogP contribution in [0.15, 0.2) is 24.8 Å². The second-order valence-corrected chi connectivity index (χ2v) is 11.3. The molecule has 2 heterocycles.